The van der Waals surface area contributed by atoms with Crippen LogP contribution in [0, 0.1) is 12.7 Å². The Morgan fingerprint density at radius 1 is 1.06 bits per heavy atom. The molecule has 0 aliphatic carbocycles. The summed E-state index contributed by atoms with van der Waals surface area (Å²) in [6, 6.07) is 16.4. The molecule has 5 nitrogen and oxygen atoms in total. The average Bonchev–Trinajstić information content (AvgIpc) is 3.44. The van der Waals surface area contributed by atoms with Crippen LogP contribution >= 0.6 is 11.3 Å². The van der Waals surface area contributed by atoms with Crippen molar-refractivity contribution in [2.24, 2.45) is 0 Å². The first-order valence-corrected chi connectivity index (χ1v) is 11.8. The second kappa shape index (κ2) is 8.58. The fourth-order valence-electron chi connectivity index (χ4n) is 4.46. The summed E-state index contributed by atoms with van der Waals surface area (Å²) in [4.78, 5) is 2.25. The summed E-state index contributed by atoms with van der Waals surface area (Å²) in [6.45, 7) is 5.57. The number of halogens is 1. The third kappa shape index (κ3) is 4.49. The second-order valence-electron chi connectivity index (χ2n) is 9.14. The molecule has 5 rings (SSSR count). The number of thiophene rings is 1. The van der Waals surface area contributed by atoms with Crippen LogP contribution in [0.2, 0.25) is 0 Å². The van der Waals surface area contributed by atoms with Crippen LogP contribution in [0.25, 0.3) is 10.4 Å². The molecule has 0 radical (unpaired) electrons. The molecule has 3 aromatic rings. The number of benzene rings is 2. The molecule has 174 valence electrons. The quantitative estimate of drug-likeness (QED) is 0.565. The normalized spacial score (nSPS) is 27.0. The maximum Gasteiger partial charge on any atom is 0.190 e. The van der Waals surface area contributed by atoms with E-state index < -0.39 is 36.5 Å². The average molecular weight is 471 g/mol. The lowest BCUT2D eigenvalue weighted by Crippen LogP contribution is -2.37. The van der Waals surface area contributed by atoms with E-state index in [0.29, 0.717) is 12.0 Å². The molecule has 2 aliphatic heterocycles. The van der Waals surface area contributed by atoms with Gasteiger partial charge in [-0.3, -0.25) is 0 Å². The molecule has 5 atom stereocenters. The number of ether oxygens (including phenoxy) is 3. The van der Waals surface area contributed by atoms with E-state index in [2.05, 4.69) is 6.07 Å². The number of hydrogen-bond acceptors (Lipinski definition) is 6. The molecule has 2 aliphatic rings. The van der Waals surface area contributed by atoms with Crippen LogP contribution in [0.5, 0.6) is 0 Å². The molecule has 0 amide bonds. The molecule has 1 aromatic heterocycles. The number of fused-ring (bicyclic) bond motifs is 1. The lowest BCUT2D eigenvalue weighted by molar-refractivity contribution is -0.226. The van der Waals surface area contributed by atoms with Crippen molar-refractivity contribution in [2.45, 2.75) is 63.7 Å². The molecule has 0 saturated carbocycles. The zero-order valence-electron chi connectivity index (χ0n) is 18.7. The van der Waals surface area contributed by atoms with Crippen LogP contribution < -0.4 is 0 Å². The topological polar surface area (TPSA) is 68.2 Å². The first-order valence-electron chi connectivity index (χ1n) is 11.0. The van der Waals surface area contributed by atoms with Crippen molar-refractivity contribution in [1.82, 2.24) is 0 Å². The summed E-state index contributed by atoms with van der Waals surface area (Å²) in [5.74, 6) is -1.07. The number of rotatable bonds is 5. The van der Waals surface area contributed by atoms with Gasteiger partial charge in [0.15, 0.2) is 12.1 Å². The van der Waals surface area contributed by atoms with E-state index in [1.54, 1.807) is 37.3 Å². The summed E-state index contributed by atoms with van der Waals surface area (Å²) in [6.07, 6.45) is -3.46. The van der Waals surface area contributed by atoms with Crippen molar-refractivity contribution in [3.05, 3.63) is 82.0 Å². The van der Waals surface area contributed by atoms with Gasteiger partial charge in [-0.05, 0) is 67.3 Å². The smallest absolute Gasteiger partial charge is 0.190 e. The van der Waals surface area contributed by atoms with Gasteiger partial charge in [-0.1, -0.05) is 30.3 Å². The van der Waals surface area contributed by atoms with Crippen molar-refractivity contribution in [3.63, 3.8) is 0 Å². The second-order valence-corrected chi connectivity index (χ2v) is 10.3. The number of aliphatic hydroxyl groups excluding tert-OH is 2. The van der Waals surface area contributed by atoms with Gasteiger partial charge in [0.25, 0.3) is 0 Å². The van der Waals surface area contributed by atoms with E-state index in [1.165, 1.54) is 17.0 Å². The molecule has 5 unspecified atom stereocenters. The van der Waals surface area contributed by atoms with Gasteiger partial charge in [-0.15, -0.1) is 11.3 Å². The van der Waals surface area contributed by atoms with E-state index in [4.69, 9.17) is 14.2 Å². The third-order valence-corrected chi connectivity index (χ3v) is 7.37. The predicted octanol–water partition coefficient (Wildman–Crippen LogP) is 4.72. The summed E-state index contributed by atoms with van der Waals surface area (Å²) < 4.78 is 30.5. The van der Waals surface area contributed by atoms with Crippen molar-refractivity contribution in [1.29, 1.82) is 0 Å². The Morgan fingerprint density at radius 2 is 1.82 bits per heavy atom. The van der Waals surface area contributed by atoms with Gasteiger partial charge < -0.3 is 24.4 Å². The molecular weight excluding hydrogens is 443 g/mol. The Balaban J connectivity index is 1.32. The molecule has 2 N–H and O–H groups in total. The van der Waals surface area contributed by atoms with Crippen LogP contribution in [0.4, 0.5) is 4.39 Å². The molecule has 3 heterocycles. The van der Waals surface area contributed by atoms with E-state index in [9.17, 15) is 14.6 Å². The highest BCUT2D eigenvalue weighted by Gasteiger charge is 2.56. The van der Waals surface area contributed by atoms with Gasteiger partial charge in [-0.2, -0.15) is 0 Å². The highest BCUT2D eigenvalue weighted by Crippen LogP contribution is 2.41. The molecule has 0 spiro atoms. The van der Waals surface area contributed by atoms with Gasteiger partial charge in [0, 0.05) is 16.2 Å². The molecule has 33 heavy (non-hydrogen) atoms. The first kappa shape index (κ1) is 22.7. The number of hydrogen-bond donors (Lipinski definition) is 2. The number of aryl methyl sites for hydroxylation is 1. The Morgan fingerprint density at radius 3 is 2.55 bits per heavy atom. The van der Waals surface area contributed by atoms with Gasteiger partial charge in [-0.25, -0.2) is 4.39 Å². The zero-order chi connectivity index (χ0) is 23.3. The third-order valence-electron chi connectivity index (χ3n) is 6.23. The fourth-order valence-corrected chi connectivity index (χ4v) is 5.50. The van der Waals surface area contributed by atoms with Crippen LogP contribution in [-0.2, 0) is 20.6 Å². The Labute approximate surface area is 196 Å². The Bertz CT molecular complexity index is 1140. The van der Waals surface area contributed by atoms with E-state index in [1.807, 2.05) is 31.2 Å². The standard InChI is InChI=1S/C26H27FO5S/c1-14-4-5-16(21(28)23-22(29)24-25(30-23)32-26(2,3)31-24)12-17(14)13-19-10-11-20(33-19)15-6-8-18(27)9-7-15/h4-12,21-25,28-29H,13H2,1-3H3. The van der Waals surface area contributed by atoms with Crippen LogP contribution in [0.1, 0.15) is 41.5 Å². The van der Waals surface area contributed by atoms with Crippen molar-refractivity contribution in [3.8, 4) is 10.4 Å². The Hall–Kier alpha value is -2.13. The maximum atomic E-state index is 13.2. The van der Waals surface area contributed by atoms with Crippen molar-refractivity contribution < 1.29 is 28.8 Å². The van der Waals surface area contributed by atoms with Gasteiger partial charge in [0.1, 0.15) is 30.2 Å². The van der Waals surface area contributed by atoms with Crippen molar-refractivity contribution >= 4 is 11.3 Å². The molecule has 2 aromatic carbocycles. The minimum Gasteiger partial charge on any atom is -0.387 e. The fraction of sp³-hybridized carbons (Fsp3) is 0.385. The summed E-state index contributed by atoms with van der Waals surface area (Å²) in [5, 5.41) is 21.7. The molecule has 7 heteroatoms. The Kier molecular flexibility index (Phi) is 5.89. The summed E-state index contributed by atoms with van der Waals surface area (Å²) in [5.41, 5.74) is 3.86. The predicted molar refractivity (Wildman–Crippen MR) is 123 cm³/mol. The summed E-state index contributed by atoms with van der Waals surface area (Å²) in [7, 11) is 0. The van der Waals surface area contributed by atoms with Crippen LogP contribution in [-0.4, -0.2) is 40.6 Å². The van der Waals surface area contributed by atoms with Gasteiger partial charge in [0.05, 0.1) is 0 Å². The highest BCUT2D eigenvalue weighted by atomic mass is 32.1. The molecular formula is C26H27FO5S. The molecule has 2 saturated heterocycles. The zero-order valence-corrected chi connectivity index (χ0v) is 19.5. The number of aliphatic hydroxyl groups is 2. The van der Waals surface area contributed by atoms with E-state index in [-0.39, 0.29) is 5.82 Å². The van der Waals surface area contributed by atoms with Crippen LogP contribution in [0.3, 0.4) is 0 Å². The van der Waals surface area contributed by atoms with E-state index in [0.717, 1.165) is 21.6 Å². The minimum atomic E-state index is -1.02. The molecule has 2 fully saturated rings. The maximum absolute atomic E-state index is 13.2. The monoisotopic (exact) mass is 470 g/mol. The van der Waals surface area contributed by atoms with Gasteiger partial charge in [0.2, 0.25) is 0 Å². The first-order chi connectivity index (χ1) is 15.7. The molecule has 0 bridgehead atoms. The largest absolute Gasteiger partial charge is 0.387 e. The lowest BCUT2D eigenvalue weighted by Gasteiger charge is -2.26. The van der Waals surface area contributed by atoms with Crippen molar-refractivity contribution in [2.75, 3.05) is 0 Å². The highest BCUT2D eigenvalue weighted by molar-refractivity contribution is 7.15. The lowest BCUT2D eigenvalue weighted by atomic mass is 9.94. The summed E-state index contributed by atoms with van der Waals surface area (Å²) >= 11 is 1.66. The minimum absolute atomic E-state index is 0.247. The SMILES string of the molecule is Cc1ccc(C(O)C2OC3OC(C)(C)OC3C2O)cc1Cc1ccc(-c2ccc(F)cc2)s1. The van der Waals surface area contributed by atoms with Crippen LogP contribution in [0.15, 0.2) is 54.6 Å². The van der Waals surface area contributed by atoms with Gasteiger partial charge >= 0.3 is 0 Å². The van der Waals surface area contributed by atoms with E-state index >= 15 is 0 Å².